The molecule has 6 nitrogen and oxygen atoms in total. The van der Waals surface area contributed by atoms with Crippen molar-refractivity contribution in [2.45, 2.75) is 18.2 Å². The van der Waals surface area contributed by atoms with E-state index in [4.69, 9.17) is 5.73 Å². The molecule has 0 saturated heterocycles. The summed E-state index contributed by atoms with van der Waals surface area (Å²) in [5.74, 6) is -1.17. The van der Waals surface area contributed by atoms with Crippen LogP contribution in [0.1, 0.15) is 13.3 Å². The number of carbonyl (C=O) groups excluding carboxylic acids is 1. The first-order chi connectivity index (χ1) is 9.31. The molecule has 1 rings (SSSR count). The van der Waals surface area contributed by atoms with E-state index in [0.717, 1.165) is 16.4 Å². The molecule has 1 aromatic rings. The molecule has 0 saturated carbocycles. The monoisotopic (exact) mass is 303 g/mol. The Kier molecular flexibility index (Phi) is 5.46. The summed E-state index contributed by atoms with van der Waals surface area (Å²) in [5, 5.41) is 2.36. The van der Waals surface area contributed by atoms with Crippen molar-refractivity contribution in [3.05, 3.63) is 24.0 Å². The Hall–Kier alpha value is -1.67. The minimum absolute atomic E-state index is 0.0139. The van der Waals surface area contributed by atoms with Crippen LogP contribution in [-0.2, 0) is 14.8 Å². The number of nitrogen functional groups attached to an aromatic ring is 1. The van der Waals surface area contributed by atoms with Gasteiger partial charge >= 0.3 is 0 Å². The number of rotatable bonds is 6. The van der Waals surface area contributed by atoms with Gasteiger partial charge in [-0.2, -0.15) is 4.31 Å². The van der Waals surface area contributed by atoms with E-state index in [1.165, 1.54) is 13.1 Å². The van der Waals surface area contributed by atoms with Crippen molar-refractivity contribution in [2.24, 2.45) is 0 Å². The third kappa shape index (κ3) is 3.91. The zero-order chi connectivity index (χ0) is 15.3. The predicted octanol–water partition coefficient (Wildman–Crippen LogP) is 0.555. The lowest BCUT2D eigenvalue weighted by atomic mass is 10.3. The van der Waals surface area contributed by atoms with Gasteiger partial charge in [-0.15, -0.1) is 0 Å². The number of hydrogen-bond donors (Lipinski definition) is 2. The van der Waals surface area contributed by atoms with Crippen LogP contribution < -0.4 is 11.1 Å². The molecule has 0 bridgehead atoms. The molecular weight excluding hydrogens is 285 g/mol. The molecule has 3 N–H and O–H groups in total. The quantitative estimate of drug-likeness (QED) is 0.751. The average Bonchev–Trinajstić information content (AvgIpc) is 2.36. The SMILES string of the molecule is CCCN(CC(=O)NC)S(=O)(=O)c1cc(N)cc(F)c1. The highest BCUT2D eigenvalue weighted by Gasteiger charge is 2.26. The summed E-state index contributed by atoms with van der Waals surface area (Å²) in [4.78, 5) is 11.1. The van der Waals surface area contributed by atoms with Gasteiger partial charge in [0.1, 0.15) is 5.82 Å². The van der Waals surface area contributed by atoms with Gasteiger partial charge in [-0.1, -0.05) is 6.92 Å². The number of carbonyl (C=O) groups is 1. The molecular formula is C12H18FN3O3S. The largest absolute Gasteiger partial charge is 0.399 e. The number of likely N-dealkylation sites (N-methyl/N-ethyl adjacent to an activating group) is 1. The van der Waals surface area contributed by atoms with Gasteiger partial charge in [-0.3, -0.25) is 4.79 Å². The van der Waals surface area contributed by atoms with Crippen molar-refractivity contribution in [1.82, 2.24) is 9.62 Å². The minimum atomic E-state index is -3.96. The Morgan fingerprint density at radius 1 is 1.40 bits per heavy atom. The lowest BCUT2D eigenvalue weighted by Gasteiger charge is -2.21. The van der Waals surface area contributed by atoms with E-state index in [0.29, 0.717) is 6.42 Å². The first-order valence-corrected chi connectivity index (χ1v) is 7.52. The second kappa shape index (κ2) is 6.67. The van der Waals surface area contributed by atoms with E-state index in [1.807, 2.05) is 0 Å². The summed E-state index contributed by atoms with van der Waals surface area (Å²) in [6, 6.07) is 3.09. The number of amides is 1. The fourth-order valence-electron chi connectivity index (χ4n) is 1.66. The standard InChI is InChI=1S/C12H18FN3O3S/c1-3-4-16(8-12(17)15-2)20(18,19)11-6-9(13)5-10(14)7-11/h5-7H,3-4,8,14H2,1-2H3,(H,15,17). The van der Waals surface area contributed by atoms with Crippen LogP contribution in [-0.4, -0.2) is 38.8 Å². The first-order valence-electron chi connectivity index (χ1n) is 6.08. The fourth-order valence-corrected chi connectivity index (χ4v) is 3.21. The molecule has 0 aliphatic heterocycles. The number of hydrogen-bond acceptors (Lipinski definition) is 4. The van der Waals surface area contributed by atoms with E-state index in [2.05, 4.69) is 5.32 Å². The first kappa shape index (κ1) is 16.4. The van der Waals surface area contributed by atoms with Gasteiger partial charge in [0.15, 0.2) is 0 Å². The molecule has 0 spiro atoms. The molecule has 0 aliphatic rings. The molecule has 8 heteroatoms. The Balaban J connectivity index is 3.18. The summed E-state index contributed by atoms with van der Waals surface area (Å²) in [7, 11) is -2.54. The number of sulfonamides is 1. The summed E-state index contributed by atoms with van der Waals surface area (Å²) in [6.45, 7) is 1.63. The average molecular weight is 303 g/mol. The summed E-state index contributed by atoms with van der Waals surface area (Å²) in [5.41, 5.74) is 5.47. The Bertz CT molecular complexity index is 569. The van der Waals surface area contributed by atoms with Crippen molar-refractivity contribution in [3.8, 4) is 0 Å². The van der Waals surface area contributed by atoms with Crippen molar-refractivity contribution in [2.75, 3.05) is 25.9 Å². The highest BCUT2D eigenvalue weighted by molar-refractivity contribution is 7.89. The molecule has 0 fully saturated rings. The zero-order valence-electron chi connectivity index (χ0n) is 11.4. The molecule has 0 radical (unpaired) electrons. The molecule has 0 unspecified atom stereocenters. The molecule has 0 atom stereocenters. The molecule has 1 amide bonds. The molecule has 112 valence electrons. The van der Waals surface area contributed by atoms with Gasteiger partial charge in [0.05, 0.1) is 11.4 Å². The maximum Gasteiger partial charge on any atom is 0.243 e. The van der Waals surface area contributed by atoms with E-state index in [1.54, 1.807) is 6.92 Å². The molecule has 0 heterocycles. The topological polar surface area (TPSA) is 92.5 Å². The van der Waals surface area contributed by atoms with Crippen LogP contribution in [0.15, 0.2) is 23.1 Å². The Labute approximate surface area is 117 Å². The predicted molar refractivity (Wildman–Crippen MR) is 73.9 cm³/mol. The second-order valence-electron chi connectivity index (χ2n) is 4.23. The number of anilines is 1. The van der Waals surface area contributed by atoms with Crippen LogP contribution in [0.25, 0.3) is 0 Å². The number of benzene rings is 1. The maximum absolute atomic E-state index is 13.3. The summed E-state index contributed by atoms with van der Waals surface area (Å²) >= 11 is 0. The van der Waals surface area contributed by atoms with E-state index < -0.39 is 21.7 Å². The van der Waals surface area contributed by atoms with Crippen molar-refractivity contribution in [3.63, 3.8) is 0 Å². The van der Waals surface area contributed by atoms with Crippen molar-refractivity contribution in [1.29, 1.82) is 0 Å². The van der Waals surface area contributed by atoms with E-state index in [-0.39, 0.29) is 23.7 Å². The summed E-state index contributed by atoms with van der Waals surface area (Å²) in [6.07, 6.45) is 0.529. The van der Waals surface area contributed by atoms with E-state index >= 15 is 0 Å². The molecule has 1 aromatic carbocycles. The number of halogens is 1. The van der Waals surface area contributed by atoms with Crippen LogP contribution in [0.2, 0.25) is 0 Å². The van der Waals surface area contributed by atoms with Crippen LogP contribution in [0.5, 0.6) is 0 Å². The molecule has 0 aromatic heterocycles. The van der Waals surface area contributed by atoms with Gasteiger partial charge in [0.25, 0.3) is 0 Å². The lowest BCUT2D eigenvalue weighted by Crippen LogP contribution is -2.40. The highest BCUT2D eigenvalue weighted by Crippen LogP contribution is 2.20. The normalized spacial score (nSPS) is 11.6. The highest BCUT2D eigenvalue weighted by atomic mass is 32.2. The third-order valence-electron chi connectivity index (χ3n) is 2.60. The molecule has 20 heavy (non-hydrogen) atoms. The van der Waals surface area contributed by atoms with Crippen LogP contribution in [0, 0.1) is 5.82 Å². The van der Waals surface area contributed by atoms with Gasteiger partial charge in [-0.25, -0.2) is 12.8 Å². The third-order valence-corrected chi connectivity index (χ3v) is 4.43. The second-order valence-corrected chi connectivity index (χ2v) is 6.17. The zero-order valence-corrected chi connectivity index (χ0v) is 12.2. The van der Waals surface area contributed by atoms with Gasteiger partial charge < -0.3 is 11.1 Å². The fraction of sp³-hybridized carbons (Fsp3) is 0.417. The molecule has 0 aliphatic carbocycles. The Morgan fingerprint density at radius 2 is 2.05 bits per heavy atom. The van der Waals surface area contributed by atoms with Crippen LogP contribution >= 0.6 is 0 Å². The van der Waals surface area contributed by atoms with Crippen molar-refractivity contribution < 1.29 is 17.6 Å². The summed E-state index contributed by atoms with van der Waals surface area (Å²) < 4.78 is 39.1. The van der Waals surface area contributed by atoms with E-state index in [9.17, 15) is 17.6 Å². The number of nitrogens with one attached hydrogen (secondary N) is 1. The van der Waals surface area contributed by atoms with Gasteiger partial charge in [-0.05, 0) is 24.6 Å². The number of nitrogens with two attached hydrogens (primary N) is 1. The Morgan fingerprint density at radius 3 is 2.55 bits per heavy atom. The van der Waals surface area contributed by atoms with Crippen molar-refractivity contribution >= 4 is 21.6 Å². The minimum Gasteiger partial charge on any atom is -0.399 e. The van der Waals surface area contributed by atoms with Crippen LogP contribution in [0.4, 0.5) is 10.1 Å². The van der Waals surface area contributed by atoms with Crippen LogP contribution in [0.3, 0.4) is 0 Å². The van der Waals surface area contributed by atoms with Gasteiger partial charge in [0, 0.05) is 19.3 Å². The number of nitrogens with zero attached hydrogens (tertiary/aromatic N) is 1. The maximum atomic E-state index is 13.3. The lowest BCUT2D eigenvalue weighted by molar-refractivity contribution is -0.120. The van der Waals surface area contributed by atoms with Gasteiger partial charge in [0.2, 0.25) is 15.9 Å². The smallest absolute Gasteiger partial charge is 0.243 e.